The van der Waals surface area contributed by atoms with E-state index in [2.05, 4.69) is 21.7 Å². The van der Waals surface area contributed by atoms with Crippen LogP contribution >= 0.6 is 0 Å². The van der Waals surface area contributed by atoms with Crippen LogP contribution in [-0.2, 0) is 16.4 Å². The SMILES string of the molecule is CN1CC[C@@H](CNS(=O)(=O)c2ccc3c(c2)CCCC3=O)[C@@H]1c1cccnc1. The number of ketones is 1. The van der Waals surface area contributed by atoms with Gasteiger partial charge in [0.15, 0.2) is 5.78 Å². The highest BCUT2D eigenvalue weighted by Gasteiger charge is 2.34. The van der Waals surface area contributed by atoms with Crippen molar-refractivity contribution in [3.63, 3.8) is 0 Å². The zero-order valence-corrected chi connectivity index (χ0v) is 16.8. The van der Waals surface area contributed by atoms with E-state index in [-0.39, 0.29) is 22.6 Å². The number of nitrogens with zero attached hydrogens (tertiary/aromatic N) is 2. The summed E-state index contributed by atoms with van der Waals surface area (Å²) in [5.41, 5.74) is 2.62. The number of carbonyl (C=O) groups excluding carboxylic acids is 1. The van der Waals surface area contributed by atoms with Crippen LogP contribution in [0.2, 0.25) is 0 Å². The Bertz CT molecular complexity index is 976. The number of benzene rings is 1. The molecule has 28 heavy (non-hydrogen) atoms. The lowest BCUT2D eigenvalue weighted by Gasteiger charge is -2.25. The first-order valence-electron chi connectivity index (χ1n) is 9.71. The summed E-state index contributed by atoms with van der Waals surface area (Å²) < 4.78 is 28.5. The molecule has 1 aromatic heterocycles. The van der Waals surface area contributed by atoms with E-state index in [1.807, 2.05) is 18.3 Å². The summed E-state index contributed by atoms with van der Waals surface area (Å²) in [4.78, 5) is 18.7. The predicted molar refractivity (Wildman–Crippen MR) is 107 cm³/mol. The highest BCUT2D eigenvalue weighted by molar-refractivity contribution is 7.89. The fourth-order valence-electron chi connectivity index (χ4n) is 4.41. The normalized spacial score (nSPS) is 23.0. The second kappa shape index (κ2) is 7.73. The third kappa shape index (κ3) is 3.74. The van der Waals surface area contributed by atoms with Crippen molar-refractivity contribution in [3.05, 3.63) is 59.4 Å². The van der Waals surface area contributed by atoms with Gasteiger partial charge in [-0.05, 0) is 74.2 Å². The Labute approximate surface area is 166 Å². The number of likely N-dealkylation sites (tertiary alicyclic amines) is 1. The molecule has 2 atom stereocenters. The van der Waals surface area contributed by atoms with E-state index in [0.717, 1.165) is 36.9 Å². The molecule has 1 aliphatic carbocycles. The van der Waals surface area contributed by atoms with Gasteiger partial charge >= 0.3 is 0 Å². The van der Waals surface area contributed by atoms with Gasteiger partial charge in [-0.25, -0.2) is 13.1 Å². The first-order valence-corrected chi connectivity index (χ1v) is 11.2. The highest BCUT2D eigenvalue weighted by Crippen LogP contribution is 2.35. The molecule has 1 aromatic carbocycles. The summed E-state index contributed by atoms with van der Waals surface area (Å²) >= 11 is 0. The number of aromatic nitrogens is 1. The summed E-state index contributed by atoms with van der Waals surface area (Å²) in [6, 6.07) is 8.97. The zero-order chi connectivity index (χ0) is 19.7. The van der Waals surface area contributed by atoms with Crippen molar-refractivity contribution in [2.45, 2.75) is 36.6 Å². The number of carbonyl (C=O) groups is 1. The highest BCUT2D eigenvalue weighted by atomic mass is 32.2. The molecule has 4 rings (SSSR count). The molecule has 6 nitrogen and oxygen atoms in total. The summed E-state index contributed by atoms with van der Waals surface area (Å²) in [7, 11) is -1.56. The Morgan fingerprint density at radius 3 is 2.89 bits per heavy atom. The van der Waals surface area contributed by atoms with Gasteiger partial charge in [-0.2, -0.15) is 0 Å². The average Bonchev–Trinajstić information content (AvgIpc) is 3.07. The number of pyridine rings is 1. The van der Waals surface area contributed by atoms with Gasteiger partial charge in [0.2, 0.25) is 10.0 Å². The third-order valence-corrected chi connectivity index (χ3v) is 7.29. The number of aryl methyl sites for hydroxylation is 1. The molecular weight excluding hydrogens is 374 g/mol. The monoisotopic (exact) mass is 399 g/mol. The molecular formula is C21H25N3O3S. The second-order valence-electron chi connectivity index (χ2n) is 7.71. The van der Waals surface area contributed by atoms with Crippen LogP contribution in [0, 0.1) is 5.92 Å². The smallest absolute Gasteiger partial charge is 0.240 e. The number of rotatable bonds is 5. The van der Waals surface area contributed by atoms with E-state index >= 15 is 0 Å². The number of Topliss-reactive ketones (excluding diaryl/α,β-unsaturated/α-hetero) is 1. The molecule has 2 heterocycles. The molecule has 1 fully saturated rings. The maximum atomic E-state index is 12.9. The van der Waals surface area contributed by atoms with Crippen LogP contribution in [0.25, 0.3) is 0 Å². The van der Waals surface area contributed by atoms with Gasteiger partial charge in [-0.1, -0.05) is 6.07 Å². The Morgan fingerprint density at radius 2 is 2.11 bits per heavy atom. The Morgan fingerprint density at radius 1 is 1.25 bits per heavy atom. The minimum Gasteiger partial charge on any atom is -0.299 e. The molecule has 0 radical (unpaired) electrons. The van der Waals surface area contributed by atoms with Crippen molar-refractivity contribution in [1.29, 1.82) is 0 Å². The fraction of sp³-hybridized carbons (Fsp3) is 0.429. The predicted octanol–water partition coefficient (Wildman–Crippen LogP) is 2.57. The molecule has 0 bridgehead atoms. The lowest BCUT2D eigenvalue weighted by Crippen LogP contribution is -2.32. The molecule has 2 aliphatic rings. The molecule has 0 saturated carbocycles. The quantitative estimate of drug-likeness (QED) is 0.836. The van der Waals surface area contributed by atoms with Crippen molar-refractivity contribution >= 4 is 15.8 Å². The average molecular weight is 400 g/mol. The lowest BCUT2D eigenvalue weighted by atomic mass is 9.91. The van der Waals surface area contributed by atoms with Crippen molar-refractivity contribution < 1.29 is 13.2 Å². The fourth-order valence-corrected chi connectivity index (χ4v) is 5.55. The first-order chi connectivity index (χ1) is 13.5. The minimum absolute atomic E-state index is 0.103. The van der Waals surface area contributed by atoms with Crippen LogP contribution in [-0.4, -0.2) is 44.2 Å². The van der Waals surface area contributed by atoms with Gasteiger partial charge in [0, 0.05) is 37.0 Å². The Balaban J connectivity index is 1.50. The number of sulfonamides is 1. The van der Waals surface area contributed by atoms with Crippen molar-refractivity contribution in [2.75, 3.05) is 20.1 Å². The molecule has 0 spiro atoms. The van der Waals surface area contributed by atoms with Crippen LogP contribution in [0.4, 0.5) is 0 Å². The minimum atomic E-state index is -3.62. The van der Waals surface area contributed by atoms with E-state index in [0.29, 0.717) is 18.5 Å². The topological polar surface area (TPSA) is 79.4 Å². The van der Waals surface area contributed by atoms with Crippen LogP contribution in [0.15, 0.2) is 47.6 Å². The van der Waals surface area contributed by atoms with Crippen LogP contribution < -0.4 is 4.72 Å². The van der Waals surface area contributed by atoms with Crippen LogP contribution in [0.1, 0.15) is 46.8 Å². The number of fused-ring (bicyclic) bond motifs is 1. The molecule has 0 unspecified atom stereocenters. The first kappa shape index (κ1) is 19.2. The maximum absolute atomic E-state index is 12.9. The number of hydrogen-bond donors (Lipinski definition) is 1. The molecule has 148 valence electrons. The van der Waals surface area contributed by atoms with Gasteiger partial charge in [0.1, 0.15) is 0 Å². The number of nitrogens with one attached hydrogen (secondary N) is 1. The van der Waals surface area contributed by atoms with E-state index in [1.165, 1.54) is 0 Å². The maximum Gasteiger partial charge on any atom is 0.240 e. The van der Waals surface area contributed by atoms with Gasteiger partial charge in [0.05, 0.1) is 4.90 Å². The lowest BCUT2D eigenvalue weighted by molar-refractivity contribution is 0.0972. The standard InChI is InChI=1S/C21H25N3O3S/c1-24-11-9-17(21(24)16-5-3-10-22-13-16)14-23-28(26,27)18-7-8-19-15(12-18)4-2-6-20(19)25/h3,5,7-8,10,12-13,17,21,23H,2,4,6,9,11,14H2,1H3/t17-,21-/m0/s1. The Kier molecular flexibility index (Phi) is 5.31. The van der Waals surface area contributed by atoms with Gasteiger partial charge in [-0.3, -0.25) is 14.7 Å². The van der Waals surface area contributed by atoms with E-state index in [4.69, 9.17) is 0 Å². The second-order valence-corrected chi connectivity index (χ2v) is 9.48. The van der Waals surface area contributed by atoms with E-state index in [1.54, 1.807) is 24.4 Å². The molecule has 7 heteroatoms. The van der Waals surface area contributed by atoms with Crippen molar-refractivity contribution in [3.8, 4) is 0 Å². The van der Waals surface area contributed by atoms with Gasteiger partial charge in [-0.15, -0.1) is 0 Å². The van der Waals surface area contributed by atoms with Gasteiger partial charge < -0.3 is 0 Å². The molecule has 0 amide bonds. The van der Waals surface area contributed by atoms with E-state index in [9.17, 15) is 13.2 Å². The summed E-state index contributed by atoms with van der Waals surface area (Å²) in [5, 5.41) is 0. The molecule has 2 aromatic rings. The van der Waals surface area contributed by atoms with E-state index < -0.39 is 10.0 Å². The summed E-state index contributed by atoms with van der Waals surface area (Å²) in [6.07, 6.45) is 6.61. The summed E-state index contributed by atoms with van der Waals surface area (Å²) in [5.74, 6) is 0.287. The van der Waals surface area contributed by atoms with Crippen molar-refractivity contribution in [2.24, 2.45) is 5.92 Å². The van der Waals surface area contributed by atoms with Crippen LogP contribution in [0.3, 0.4) is 0 Å². The Hall–Kier alpha value is -2.09. The largest absolute Gasteiger partial charge is 0.299 e. The van der Waals surface area contributed by atoms with Crippen molar-refractivity contribution in [1.82, 2.24) is 14.6 Å². The van der Waals surface area contributed by atoms with Crippen LogP contribution in [0.5, 0.6) is 0 Å². The number of hydrogen-bond acceptors (Lipinski definition) is 5. The summed E-state index contributed by atoms with van der Waals surface area (Å²) in [6.45, 7) is 1.30. The van der Waals surface area contributed by atoms with Gasteiger partial charge in [0.25, 0.3) is 0 Å². The molecule has 1 N–H and O–H groups in total. The molecule has 1 aliphatic heterocycles. The third-order valence-electron chi connectivity index (χ3n) is 5.87. The zero-order valence-electron chi connectivity index (χ0n) is 16.0. The molecule has 1 saturated heterocycles.